The molecule has 0 amide bonds. The number of methoxy groups -OCH3 is 2. The predicted molar refractivity (Wildman–Crippen MR) is 108 cm³/mol. The molecule has 0 atom stereocenters. The van der Waals surface area contributed by atoms with Crippen molar-refractivity contribution >= 4 is 17.3 Å². The van der Waals surface area contributed by atoms with Crippen LogP contribution in [0.15, 0.2) is 28.6 Å². The van der Waals surface area contributed by atoms with E-state index in [0.717, 1.165) is 55.5 Å². The highest BCUT2D eigenvalue weighted by Crippen LogP contribution is 2.27. The summed E-state index contributed by atoms with van der Waals surface area (Å²) < 4.78 is 10.6. The number of ether oxygens (including phenoxy) is 2. The van der Waals surface area contributed by atoms with Crippen LogP contribution in [0.3, 0.4) is 0 Å². The number of rotatable bonds is 9. The molecule has 0 saturated carbocycles. The van der Waals surface area contributed by atoms with Gasteiger partial charge in [0.05, 0.1) is 24.9 Å². The Morgan fingerprint density at radius 3 is 2.46 bits per heavy atom. The highest BCUT2D eigenvalue weighted by Gasteiger charge is 2.05. The maximum atomic E-state index is 5.34. The Morgan fingerprint density at radius 1 is 1.12 bits per heavy atom. The smallest absolute Gasteiger partial charge is 0.190 e. The minimum atomic E-state index is 0.745. The molecule has 142 valence electrons. The second-order valence-electron chi connectivity index (χ2n) is 5.70. The molecule has 0 saturated heterocycles. The molecule has 0 fully saturated rings. The Morgan fingerprint density at radius 2 is 1.85 bits per heavy atom. The summed E-state index contributed by atoms with van der Waals surface area (Å²) in [7, 11) is 5.07. The van der Waals surface area contributed by atoms with Crippen LogP contribution in [0.4, 0.5) is 0 Å². The van der Waals surface area contributed by atoms with Crippen molar-refractivity contribution in [3.8, 4) is 11.5 Å². The third-order valence-electron chi connectivity index (χ3n) is 3.95. The molecule has 0 spiro atoms. The lowest BCUT2D eigenvalue weighted by molar-refractivity contribution is 0.354. The molecule has 26 heavy (non-hydrogen) atoms. The van der Waals surface area contributed by atoms with E-state index in [9.17, 15) is 0 Å². The molecule has 0 aliphatic heterocycles. The van der Waals surface area contributed by atoms with Gasteiger partial charge in [0.15, 0.2) is 17.5 Å². The lowest BCUT2D eigenvalue weighted by Gasteiger charge is -2.12. The molecule has 0 aliphatic rings. The first kappa shape index (κ1) is 20.0. The molecule has 0 radical (unpaired) electrons. The van der Waals surface area contributed by atoms with E-state index in [1.54, 1.807) is 32.6 Å². The highest BCUT2D eigenvalue weighted by molar-refractivity contribution is 7.09. The van der Waals surface area contributed by atoms with E-state index < -0.39 is 0 Å². The van der Waals surface area contributed by atoms with E-state index in [0.29, 0.717) is 0 Å². The Bertz CT molecular complexity index is 715. The number of benzene rings is 1. The molecule has 6 nitrogen and oxygen atoms in total. The largest absolute Gasteiger partial charge is 0.493 e. The van der Waals surface area contributed by atoms with Crippen molar-refractivity contribution in [3.05, 3.63) is 39.8 Å². The average Bonchev–Trinajstić information content (AvgIpc) is 3.14. The number of aromatic nitrogens is 1. The summed E-state index contributed by atoms with van der Waals surface area (Å²) in [5, 5.41) is 9.99. The van der Waals surface area contributed by atoms with E-state index in [2.05, 4.69) is 32.9 Å². The molecule has 0 unspecified atom stereocenters. The van der Waals surface area contributed by atoms with Gasteiger partial charge in [0.1, 0.15) is 0 Å². The van der Waals surface area contributed by atoms with Crippen LogP contribution in [0.5, 0.6) is 11.5 Å². The molecular weight excluding hydrogens is 348 g/mol. The van der Waals surface area contributed by atoms with Gasteiger partial charge in [0.25, 0.3) is 0 Å². The molecular formula is C19H28N4O2S. The summed E-state index contributed by atoms with van der Waals surface area (Å²) in [6.07, 6.45) is 2.76. The van der Waals surface area contributed by atoms with E-state index in [4.69, 9.17) is 9.47 Å². The molecule has 7 heteroatoms. The average molecular weight is 377 g/mol. The maximum absolute atomic E-state index is 5.34. The second-order valence-corrected chi connectivity index (χ2v) is 6.64. The zero-order valence-corrected chi connectivity index (χ0v) is 16.8. The number of nitrogens with zero attached hydrogens (tertiary/aromatic N) is 2. The topological polar surface area (TPSA) is 67.8 Å². The molecule has 1 aromatic heterocycles. The zero-order valence-electron chi connectivity index (χ0n) is 16.0. The number of guanidine groups is 1. The Labute approximate surface area is 159 Å². The van der Waals surface area contributed by atoms with Crippen LogP contribution >= 0.6 is 11.3 Å². The van der Waals surface area contributed by atoms with E-state index >= 15 is 0 Å². The summed E-state index contributed by atoms with van der Waals surface area (Å²) >= 11 is 1.73. The van der Waals surface area contributed by atoms with Gasteiger partial charge in [-0.1, -0.05) is 13.0 Å². The van der Waals surface area contributed by atoms with E-state index in [1.807, 2.05) is 18.2 Å². The Hall–Kier alpha value is -2.28. The van der Waals surface area contributed by atoms with Crippen LogP contribution in [0.1, 0.15) is 23.2 Å². The van der Waals surface area contributed by atoms with Gasteiger partial charge in [-0.05, 0) is 30.5 Å². The fourth-order valence-electron chi connectivity index (χ4n) is 2.52. The minimum Gasteiger partial charge on any atom is -0.493 e. The minimum absolute atomic E-state index is 0.745. The monoisotopic (exact) mass is 376 g/mol. The van der Waals surface area contributed by atoms with Gasteiger partial charge in [-0.15, -0.1) is 11.3 Å². The Balaban J connectivity index is 1.74. The molecule has 0 bridgehead atoms. The fraction of sp³-hybridized carbons (Fsp3) is 0.474. The molecule has 1 heterocycles. The number of nitrogens with one attached hydrogen (secondary N) is 2. The number of aliphatic imine (C=N–C) groups is 1. The standard InChI is InChI=1S/C19H28N4O2S/c1-5-18-23-15(13-26-18)9-11-22-19(20-2)21-10-8-14-6-7-16(24-3)17(12-14)25-4/h6-7,12-13H,5,8-11H2,1-4H3,(H2,20,21,22). The van der Waals surface area contributed by atoms with Crippen LogP contribution in [-0.4, -0.2) is 45.3 Å². The SMILES string of the molecule is CCc1nc(CCNC(=NC)NCCc2ccc(OC)c(OC)c2)cs1. The third kappa shape index (κ3) is 5.91. The molecule has 1 aromatic carbocycles. The normalized spacial score (nSPS) is 11.3. The summed E-state index contributed by atoms with van der Waals surface area (Å²) in [5.41, 5.74) is 2.32. The molecule has 2 rings (SSSR count). The molecule has 0 aliphatic carbocycles. The van der Waals surface area contributed by atoms with Crippen molar-refractivity contribution in [2.75, 3.05) is 34.4 Å². The first-order valence-corrected chi connectivity index (χ1v) is 9.66. The van der Waals surface area contributed by atoms with Crippen LogP contribution in [0.2, 0.25) is 0 Å². The first-order valence-electron chi connectivity index (χ1n) is 8.78. The number of aryl methyl sites for hydroxylation is 1. The predicted octanol–water partition coefficient (Wildman–Crippen LogP) is 2.67. The van der Waals surface area contributed by atoms with Gasteiger partial charge in [-0.2, -0.15) is 0 Å². The van der Waals surface area contributed by atoms with Crippen molar-refractivity contribution in [1.29, 1.82) is 0 Å². The van der Waals surface area contributed by atoms with Gasteiger partial charge in [-0.25, -0.2) is 4.98 Å². The second kappa shape index (κ2) is 10.7. The number of hydrogen-bond acceptors (Lipinski definition) is 5. The van der Waals surface area contributed by atoms with Gasteiger partial charge in [0.2, 0.25) is 0 Å². The highest BCUT2D eigenvalue weighted by atomic mass is 32.1. The van der Waals surface area contributed by atoms with Gasteiger partial charge < -0.3 is 20.1 Å². The lowest BCUT2D eigenvalue weighted by Crippen LogP contribution is -2.39. The Kier molecular flexibility index (Phi) is 8.21. The first-order chi connectivity index (χ1) is 12.7. The van der Waals surface area contributed by atoms with Crippen LogP contribution in [0, 0.1) is 0 Å². The number of thiazole rings is 1. The van der Waals surface area contributed by atoms with Crippen molar-refractivity contribution in [2.45, 2.75) is 26.2 Å². The summed E-state index contributed by atoms with van der Waals surface area (Å²) in [4.78, 5) is 8.84. The van der Waals surface area contributed by atoms with Crippen molar-refractivity contribution in [1.82, 2.24) is 15.6 Å². The quantitative estimate of drug-likeness (QED) is 0.520. The molecule has 2 aromatic rings. The maximum Gasteiger partial charge on any atom is 0.190 e. The van der Waals surface area contributed by atoms with Crippen LogP contribution < -0.4 is 20.1 Å². The van der Waals surface area contributed by atoms with Gasteiger partial charge in [0, 0.05) is 31.9 Å². The van der Waals surface area contributed by atoms with Gasteiger partial charge in [-0.3, -0.25) is 4.99 Å². The van der Waals surface area contributed by atoms with Gasteiger partial charge >= 0.3 is 0 Å². The van der Waals surface area contributed by atoms with Crippen LogP contribution in [-0.2, 0) is 19.3 Å². The van der Waals surface area contributed by atoms with E-state index in [1.165, 1.54) is 10.6 Å². The summed E-state index contributed by atoms with van der Waals surface area (Å²) in [5.74, 6) is 2.30. The lowest BCUT2D eigenvalue weighted by atomic mass is 10.1. The summed E-state index contributed by atoms with van der Waals surface area (Å²) in [6.45, 7) is 3.72. The molecule has 2 N–H and O–H groups in total. The third-order valence-corrected chi connectivity index (χ3v) is 4.99. The van der Waals surface area contributed by atoms with E-state index in [-0.39, 0.29) is 0 Å². The van der Waals surface area contributed by atoms with Crippen molar-refractivity contribution in [3.63, 3.8) is 0 Å². The zero-order chi connectivity index (χ0) is 18.8. The summed E-state index contributed by atoms with van der Waals surface area (Å²) in [6, 6.07) is 5.98. The van der Waals surface area contributed by atoms with Crippen LogP contribution in [0.25, 0.3) is 0 Å². The fourth-order valence-corrected chi connectivity index (χ4v) is 3.30. The number of hydrogen-bond donors (Lipinski definition) is 2. The van der Waals surface area contributed by atoms with Crippen molar-refractivity contribution in [2.24, 2.45) is 4.99 Å². The van der Waals surface area contributed by atoms with Crippen molar-refractivity contribution < 1.29 is 9.47 Å².